The van der Waals surface area contributed by atoms with Crippen LogP contribution in [0.4, 0.5) is 0 Å². The molecule has 0 aromatic rings. The van der Waals surface area contributed by atoms with Crippen molar-refractivity contribution in [1.29, 1.82) is 0 Å². The van der Waals surface area contributed by atoms with Crippen LogP contribution >= 0.6 is 15.9 Å². The summed E-state index contributed by atoms with van der Waals surface area (Å²) in [5, 5.41) is 0. The SMILES string of the molecule is CCCCN(C)CC(C)Br. The first kappa shape index (κ1) is 10.4. The highest BCUT2D eigenvalue weighted by atomic mass is 79.9. The van der Waals surface area contributed by atoms with Gasteiger partial charge >= 0.3 is 0 Å². The molecular formula is C8H18BrN. The molecule has 0 bridgehead atoms. The van der Waals surface area contributed by atoms with E-state index in [4.69, 9.17) is 0 Å². The molecule has 1 nitrogen and oxygen atoms in total. The van der Waals surface area contributed by atoms with Crippen molar-refractivity contribution < 1.29 is 0 Å². The highest BCUT2D eigenvalue weighted by Gasteiger charge is 2.00. The predicted molar refractivity (Wildman–Crippen MR) is 50.8 cm³/mol. The highest BCUT2D eigenvalue weighted by molar-refractivity contribution is 9.09. The predicted octanol–water partition coefficient (Wildman–Crippen LogP) is 2.50. The molecule has 0 aromatic carbocycles. The fourth-order valence-corrected chi connectivity index (χ4v) is 1.44. The molecular weight excluding hydrogens is 190 g/mol. The Labute approximate surface area is 72.9 Å². The van der Waals surface area contributed by atoms with Crippen LogP contribution in [0.15, 0.2) is 0 Å². The number of halogens is 1. The third-order valence-corrected chi connectivity index (χ3v) is 1.75. The van der Waals surface area contributed by atoms with Crippen molar-refractivity contribution in [2.75, 3.05) is 20.1 Å². The summed E-state index contributed by atoms with van der Waals surface area (Å²) in [6.07, 6.45) is 2.61. The molecule has 1 unspecified atom stereocenters. The molecule has 0 rings (SSSR count). The minimum atomic E-state index is 0.620. The summed E-state index contributed by atoms with van der Waals surface area (Å²) in [7, 11) is 2.17. The van der Waals surface area contributed by atoms with Gasteiger partial charge in [-0.1, -0.05) is 36.2 Å². The summed E-state index contributed by atoms with van der Waals surface area (Å²) in [6.45, 7) is 6.79. The van der Waals surface area contributed by atoms with Crippen LogP contribution in [-0.4, -0.2) is 29.9 Å². The van der Waals surface area contributed by atoms with Crippen molar-refractivity contribution in [2.45, 2.75) is 31.5 Å². The van der Waals surface area contributed by atoms with Gasteiger partial charge in [-0.05, 0) is 20.0 Å². The molecule has 1 atom stereocenters. The minimum Gasteiger partial charge on any atom is -0.305 e. The van der Waals surface area contributed by atoms with Gasteiger partial charge in [0.05, 0.1) is 0 Å². The van der Waals surface area contributed by atoms with E-state index in [9.17, 15) is 0 Å². The quantitative estimate of drug-likeness (QED) is 0.627. The average molecular weight is 208 g/mol. The fraction of sp³-hybridized carbons (Fsp3) is 1.00. The van der Waals surface area contributed by atoms with E-state index >= 15 is 0 Å². The van der Waals surface area contributed by atoms with Crippen LogP contribution in [0.3, 0.4) is 0 Å². The second-order valence-corrected chi connectivity index (χ2v) is 4.46. The molecule has 0 saturated carbocycles. The lowest BCUT2D eigenvalue weighted by Crippen LogP contribution is -2.25. The number of hydrogen-bond acceptors (Lipinski definition) is 1. The second kappa shape index (κ2) is 6.17. The van der Waals surface area contributed by atoms with Crippen LogP contribution in [0.2, 0.25) is 0 Å². The van der Waals surface area contributed by atoms with Gasteiger partial charge in [0.2, 0.25) is 0 Å². The van der Waals surface area contributed by atoms with Gasteiger partial charge in [0.15, 0.2) is 0 Å². The van der Waals surface area contributed by atoms with Crippen molar-refractivity contribution in [3.8, 4) is 0 Å². The highest BCUT2D eigenvalue weighted by Crippen LogP contribution is 2.00. The van der Waals surface area contributed by atoms with Crippen LogP contribution in [0.1, 0.15) is 26.7 Å². The Morgan fingerprint density at radius 1 is 1.50 bits per heavy atom. The average Bonchev–Trinajstić information content (AvgIpc) is 1.82. The van der Waals surface area contributed by atoms with Gasteiger partial charge in [-0.25, -0.2) is 0 Å². The van der Waals surface area contributed by atoms with Crippen LogP contribution in [0.25, 0.3) is 0 Å². The number of unbranched alkanes of at least 4 members (excludes halogenated alkanes) is 1. The Kier molecular flexibility index (Phi) is 6.44. The Morgan fingerprint density at radius 2 is 2.10 bits per heavy atom. The van der Waals surface area contributed by atoms with E-state index in [2.05, 4.69) is 41.7 Å². The van der Waals surface area contributed by atoms with Gasteiger partial charge in [0.25, 0.3) is 0 Å². The van der Waals surface area contributed by atoms with Gasteiger partial charge in [-0.3, -0.25) is 0 Å². The number of alkyl halides is 1. The molecule has 62 valence electrons. The smallest absolute Gasteiger partial charge is 0.0244 e. The molecule has 2 heteroatoms. The lowest BCUT2D eigenvalue weighted by molar-refractivity contribution is 0.334. The standard InChI is InChI=1S/C8H18BrN/c1-4-5-6-10(3)7-8(2)9/h8H,4-7H2,1-3H3. The van der Waals surface area contributed by atoms with Crippen molar-refractivity contribution in [2.24, 2.45) is 0 Å². The topological polar surface area (TPSA) is 3.24 Å². The molecule has 0 aliphatic rings. The Bertz CT molecular complexity index is 73.7. The summed E-state index contributed by atoms with van der Waals surface area (Å²) >= 11 is 3.53. The molecule has 0 fully saturated rings. The fourth-order valence-electron chi connectivity index (χ4n) is 0.949. The van der Waals surface area contributed by atoms with Crippen molar-refractivity contribution in [3.63, 3.8) is 0 Å². The third-order valence-electron chi connectivity index (χ3n) is 1.46. The summed E-state index contributed by atoms with van der Waals surface area (Å²) < 4.78 is 0. The zero-order valence-electron chi connectivity index (χ0n) is 7.23. The first-order valence-electron chi connectivity index (χ1n) is 3.99. The zero-order valence-corrected chi connectivity index (χ0v) is 8.82. The lowest BCUT2D eigenvalue weighted by Gasteiger charge is -2.16. The van der Waals surface area contributed by atoms with Gasteiger partial charge < -0.3 is 4.90 Å². The third kappa shape index (κ3) is 6.56. The Morgan fingerprint density at radius 3 is 2.50 bits per heavy atom. The molecule has 0 aliphatic heterocycles. The molecule has 0 saturated heterocycles. The van der Waals surface area contributed by atoms with Crippen molar-refractivity contribution >= 4 is 15.9 Å². The lowest BCUT2D eigenvalue weighted by atomic mass is 10.3. The van der Waals surface area contributed by atoms with Crippen molar-refractivity contribution in [3.05, 3.63) is 0 Å². The molecule has 0 N–H and O–H groups in total. The molecule has 0 radical (unpaired) electrons. The van der Waals surface area contributed by atoms with Crippen molar-refractivity contribution in [1.82, 2.24) is 4.90 Å². The minimum absolute atomic E-state index is 0.620. The Hall–Kier alpha value is 0.440. The molecule has 0 amide bonds. The van der Waals surface area contributed by atoms with Crippen LogP contribution < -0.4 is 0 Å². The summed E-state index contributed by atoms with van der Waals surface area (Å²) in [4.78, 5) is 2.98. The van der Waals surface area contributed by atoms with Crippen LogP contribution in [0.5, 0.6) is 0 Å². The summed E-state index contributed by atoms with van der Waals surface area (Å²) in [5.41, 5.74) is 0. The van der Waals surface area contributed by atoms with E-state index in [0.717, 1.165) is 6.54 Å². The van der Waals surface area contributed by atoms with Crippen LogP contribution in [0, 0.1) is 0 Å². The molecule has 0 aliphatic carbocycles. The first-order chi connectivity index (χ1) is 4.66. The van der Waals surface area contributed by atoms with Gasteiger partial charge in [-0.2, -0.15) is 0 Å². The molecule has 0 heterocycles. The van der Waals surface area contributed by atoms with E-state index in [-0.39, 0.29) is 0 Å². The maximum atomic E-state index is 3.53. The van der Waals surface area contributed by atoms with E-state index in [1.54, 1.807) is 0 Å². The zero-order chi connectivity index (χ0) is 7.98. The maximum absolute atomic E-state index is 3.53. The number of nitrogens with zero attached hydrogens (tertiary/aromatic N) is 1. The van der Waals surface area contributed by atoms with E-state index < -0.39 is 0 Å². The van der Waals surface area contributed by atoms with Gasteiger partial charge in [-0.15, -0.1) is 0 Å². The maximum Gasteiger partial charge on any atom is 0.0244 e. The van der Waals surface area contributed by atoms with E-state index in [1.807, 2.05) is 0 Å². The van der Waals surface area contributed by atoms with Gasteiger partial charge in [0, 0.05) is 11.4 Å². The summed E-state index contributed by atoms with van der Waals surface area (Å²) in [6, 6.07) is 0. The monoisotopic (exact) mass is 207 g/mol. The molecule has 0 aromatic heterocycles. The van der Waals surface area contributed by atoms with Crippen LogP contribution in [-0.2, 0) is 0 Å². The van der Waals surface area contributed by atoms with Gasteiger partial charge in [0.1, 0.15) is 0 Å². The van der Waals surface area contributed by atoms with E-state index in [1.165, 1.54) is 19.4 Å². The first-order valence-corrected chi connectivity index (χ1v) is 4.91. The van der Waals surface area contributed by atoms with E-state index in [0.29, 0.717) is 4.83 Å². The summed E-state index contributed by atoms with van der Waals surface area (Å²) in [5.74, 6) is 0. The Balaban J connectivity index is 3.16. The molecule has 10 heavy (non-hydrogen) atoms. The normalized spacial score (nSPS) is 14.1. The number of rotatable bonds is 5. The second-order valence-electron chi connectivity index (χ2n) is 2.90. The molecule has 0 spiro atoms. The number of hydrogen-bond donors (Lipinski definition) is 0. The largest absolute Gasteiger partial charge is 0.305 e.